The molecule has 1 aromatic rings. The molecule has 1 N–H and O–H groups in total. The summed E-state index contributed by atoms with van der Waals surface area (Å²) in [6, 6.07) is 5.46. The molecule has 1 heterocycles. The van der Waals surface area contributed by atoms with Crippen LogP contribution in [0.25, 0.3) is 0 Å². The first kappa shape index (κ1) is 13.4. The molecule has 2 aliphatic rings. The Morgan fingerprint density at radius 3 is 3.00 bits per heavy atom. The van der Waals surface area contributed by atoms with Crippen LogP contribution in [0.15, 0.2) is 23.1 Å². The first-order valence-corrected chi connectivity index (χ1v) is 7.66. The number of carbonyl (C=O) groups is 1. The quantitative estimate of drug-likeness (QED) is 0.847. The van der Waals surface area contributed by atoms with Gasteiger partial charge >= 0.3 is 0 Å². The van der Waals surface area contributed by atoms with Crippen molar-refractivity contribution in [1.82, 2.24) is 5.32 Å². The molecule has 3 rings (SSSR count). The van der Waals surface area contributed by atoms with Gasteiger partial charge in [-0.05, 0) is 30.7 Å². The molecule has 1 amide bonds. The molecule has 0 aromatic heterocycles. The maximum atomic E-state index is 12.2. The monoisotopic (exact) mass is 293 g/mol. The fraction of sp³-hybridized carbons (Fsp3) is 0.500. The number of carbonyl (C=O) groups excluding carboxylic acids is 1. The zero-order valence-electron chi connectivity index (χ0n) is 11.3. The van der Waals surface area contributed by atoms with E-state index in [-0.39, 0.29) is 17.2 Å². The van der Waals surface area contributed by atoms with Crippen molar-refractivity contribution >= 4 is 23.4 Å². The van der Waals surface area contributed by atoms with E-state index in [0.717, 1.165) is 28.2 Å². The van der Waals surface area contributed by atoms with Crippen molar-refractivity contribution in [2.45, 2.75) is 29.5 Å². The van der Waals surface area contributed by atoms with Crippen molar-refractivity contribution in [3.05, 3.63) is 23.1 Å². The van der Waals surface area contributed by atoms with E-state index < -0.39 is 0 Å². The predicted octanol–water partition coefficient (Wildman–Crippen LogP) is 2.45. The highest BCUT2D eigenvalue weighted by molar-refractivity contribution is 8.00. The fourth-order valence-electron chi connectivity index (χ4n) is 2.23. The third kappa shape index (κ3) is 2.65. The minimum Gasteiger partial charge on any atom is -0.497 e. The molecule has 5 nitrogen and oxygen atoms in total. The maximum absolute atomic E-state index is 12.2. The Morgan fingerprint density at radius 1 is 1.50 bits per heavy atom. The van der Waals surface area contributed by atoms with Crippen LogP contribution in [0.3, 0.4) is 0 Å². The van der Waals surface area contributed by atoms with Gasteiger partial charge in [0.1, 0.15) is 5.75 Å². The standard InChI is InChI=1S/C14H16N2O3S/c1-19-10-4-5-11-12(8-10)20-13(16(11)18)6-7-15-14(17)9-2-3-9/h4-5,8-9,13H,2-3,6-7H2,1H3/p+1. The zero-order valence-corrected chi connectivity index (χ0v) is 12.1. The summed E-state index contributed by atoms with van der Waals surface area (Å²) in [6.45, 7) is 0.552. The number of hydrogen-bond acceptors (Lipinski definition) is 4. The predicted molar refractivity (Wildman–Crippen MR) is 76.3 cm³/mol. The van der Waals surface area contributed by atoms with Crippen LogP contribution in [0.2, 0.25) is 0 Å². The van der Waals surface area contributed by atoms with Crippen LogP contribution in [-0.4, -0.2) is 29.7 Å². The maximum Gasteiger partial charge on any atom is 0.271 e. The van der Waals surface area contributed by atoms with Crippen molar-refractivity contribution in [2.24, 2.45) is 5.92 Å². The molecule has 1 unspecified atom stereocenters. The summed E-state index contributed by atoms with van der Waals surface area (Å²) in [4.78, 5) is 24.6. The molecule has 0 spiro atoms. The highest BCUT2D eigenvalue weighted by atomic mass is 32.2. The van der Waals surface area contributed by atoms with E-state index in [1.807, 2.05) is 6.07 Å². The molecule has 1 aliphatic heterocycles. The number of amides is 1. The molecule has 20 heavy (non-hydrogen) atoms. The first-order valence-electron chi connectivity index (χ1n) is 6.78. The number of hydrogen-bond donors (Lipinski definition) is 1. The van der Waals surface area contributed by atoms with Crippen molar-refractivity contribution in [2.75, 3.05) is 13.7 Å². The van der Waals surface area contributed by atoms with Gasteiger partial charge in [0.05, 0.1) is 16.8 Å². The van der Waals surface area contributed by atoms with Gasteiger partial charge in [0, 0.05) is 35.9 Å². The van der Waals surface area contributed by atoms with Gasteiger partial charge in [-0.25, -0.2) is 0 Å². The summed E-state index contributed by atoms with van der Waals surface area (Å²) in [7, 11) is 1.61. The van der Waals surface area contributed by atoms with Crippen LogP contribution in [-0.2, 0) is 4.79 Å². The number of ether oxygens (including phenoxy) is 1. The minimum absolute atomic E-state index is 0.129. The molecule has 106 valence electrons. The Balaban J connectivity index is 1.57. The number of methoxy groups -OCH3 is 1. The Morgan fingerprint density at radius 2 is 2.30 bits per heavy atom. The van der Waals surface area contributed by atoms with Gasteiger partial charge in [-0.1, -0.05) is 0 Å². The Hall–Kier alpha value is -1.56. The third-order valence-electron chi connectivity index (χ3n) is 3.57. The zero-order chi connectivity index (χ0) is 14.1. The second-order valence-electron chi connectivity index (χ2n) is 5.09. The first-order chi connectivity index (χ1) is 9.69. The van der Waals surface area contributed by atoms with Crippen LogP contribution < -0.4 is 10.1 Å². The summed E-state index contributed by atoms with van der Waals surface area (Å²) in [5.74, 6) is 1.10. The number of nitrogens with zero attached hydrogens (tertiary/aromatic N) is 1. The lowest BCUT2D eigenvalue weighted by molar-refractivity contribution is -0.476. The van der Waals surface area contributed by atoms with Crippen molar-refractivity contribution in [3.63, 3.8) is 0 Å². The molecule has 0 radical (unpaired) electrons. The molecule has 1 saturated carbocycles. The number of rotatable bonds is 5. The molecule has 1 aromatic carbocycles. The van der Waals surface area contributed by atoms with E-state index in [0.29, 0.717) is 18.7 Å². The van der Waals surface area contributed by atoms with Crippen LogP contribution in [0.4, 0.5) is 5.69 Å². The Labute approximate surface area is 121 Å². The normalized spacial score (nSPS) is 20.6. The summed E-state index contributed by atoms with van der Waals surface area (Å²) < 4.78 is 6.20. The third-order valence-corrected chi connectivity index (χ3v) is 4.85. The van der Waals surface area contributed by atoms with Crippen LogP contribution in [0.5, 0.6) is 5.75 Å². The molecular formula is C14H17N2O3S+. The summed E-state index contributed by atoms with van der Waals surface area (Å²) in [6.07, 6.45) is 2.65. The van der Waals surface area contributed by atoms with Crippen molar-refractivity contribution < 1.29 is 14.3 Å². The fourth-order valence-corrected chi connectivity index (χ4v) is 3.43. The van der Waals surface area contributed by atoms with Crippen molar-refractivity contribution in [1.29, 1.82) is 0 Å². The highest BCUT2D eigenvalue weighted by Gasteiger charge is 2.39. The number of benzene rings is 1. The molecule has 1 atom stereocenters. The number of thioether (sulfide) groups is 1. The second kappa shape index (κ2) is 5.44. The molecule has 1 fully saturated rings. The lowest BCUT2D eigenvalue weighted by Crippen LogP contribution is -2.28. The molecule has 0 bridgehead atoms. The lowest BCUT2D eigenvalue weighted by Gasteiger charge is -2.03. The van der Waals surface area contributed by atoms with E-state index in [1.54, 1.807) is 19.2 Å². The second-order valence-corrected chi connectivity index (χ2v) is 6.31. The van der Waals surface area contributed by atoms with E-state index in [1.165, 1.54) is 11.8 Å². The van der Waals surface area contributed by atoms with E-state index in [9.17, 15) is 9.70 Å². The van der Waals surface area contributed by atoms with Gasteiger partial charge in [0.15, 0.2) is 0 Å². The Bertz CT molecular complexity index is 557. The van der Waals surface area contributed by atoms with E-state index >= 15 is 0 Å². The average molecular weight is 293 g/mol. The van der Waals surface area contributed by atoms with E-state index in [4.69, 9.17) is 4.74 Å². The summed E-state index contributed by atoms with van der Waals surface area (Å²) in [5.41, 5.74) is 0.689. The summed E-state index contributed by atoms with van der Waals surface area (Å²) >= 11 is 1.53. The lowest BCUT2D eigenvalue weighted by atomic mass is 10.3. The van der Waals surface area contributed by atoms with Crippen LogP contribution >= 0.6 is 11.8 Å². The number of fused-ring (bicyclic) bond motifs is 1. The molecule has 1 aliphatic carbocycles. The van der Waals surface area contributed by atoms with Gasteiger partial charge in [-0.3, -0.25) is 4.79 Å². The molecule has 0 saturated heterocycles. The Kier molecular flexibility index (Phi) is 3.65. The van der Waals surface area contributed by atoms with Gasteiger partial charge < -0.3 is 10.1 Å². The van der Waals surface area contributed by atoms with Crippen LogP contribution in [0, 0.1) is 10.8 Å². The van der Waals surface area contributed by atoms with Crippen molar-refractivity contribution in [3.8, 4) is 5.75 Å². The number of nitroso groups, excluding NO2 is 1. The molecular weight excluding hydrogens is 276 g/mol. The highest BCUT2D eigenvalue weighted by Crippen LogP contribution is 2.44. The van der Waals surface area contributed by atoms with Gasteiger partial charge in [-0.2, -0.15) is 0 Å². The number of nitrogens with one attached hydrogen (secondary N) is 1. The average Bonchev–Trinajstić information content (AvgIpc) is 3.25. The molecule has 6 heteroatoms. The largest absolute Gasteiger partial charge is 0.497 e. The minimum atomic E-state index is -0.170. The topological polar surface area (TPSA) is 58.4 Å². The SMILES string of the molecule is COc1ccc2c(c1)SC(CCNC(=O)C1CC1)[N+]2=O. The van der Waals surface area contributed by atoms with Gasteiger partial charge in [-0.15, -0.1) is 0 Å². The van der Waals surface area contributed by atoms with Crippen LogP contribution in [0.1, 0.15) is 19.3 Å². The smallest absolute Gasteiger partial charge is 0.271 e. The van der Waals surface area contributed by atoms with E-state index in [2.05, 4.69) is 5.32 Å². The van der Waals surface area contributed by atoms with Gasteiger partial charge in [0.2, 0.25) is 5.91 Å². The van der Waals surface area contributed by atoms with Gasteiger partial charge in [0.25, 0.3) is 11.1 Å². The summed E-state index contributed by atoms with van der Waals surface area (Å²) in [5, 5.41) is 2.73.